The fourth-order valence-corrected chi connectivity index (χ4v) is 3.79. The summed E-state index contributed by atoms with van der Waals surface area (Å²) in [6, 6.07) is 6.13. The van der Waals surface area contributed by atoms with Crippen molar-refractivity contribution in [1.82, 2.24) is 4.98 Å². The van der Waals surface area contributed by atoms with Crippen LogP contribution in [-0.2, 0) is 10.0 Å². The van der Waals surface area contributed by atoms with Crippen LogP contribution in [0.15, 0.2) is 35.4 Å². The van der Waals surface area contributed by atoms with Gasteiger partial charge < -0.3 is 5.11 Å². The minimum absolute atomic E-state index is 0.0140. The highest BCUT2D eigenvalue weighted by molar-refractivity contribution is 7.93. The van der Waals surface area contributed by atoms with Gasteiger partial charge in [0, 0.05) is 0 Å². The van der Waals surface area contributed by atoms with Gasteiger partial charge in [-0.25, -0.2) is 13.4 Å². The molecule has 8 heteroatoms. The second-order valence-corrected chi connectivity index (χ2v) is 6.61. The maximum atomic E-state index is 12.1. The van der Waals surface area contributed by atoms with Crippen LogP contribution in [0.5, 0.6) is 0 Å². The van der Waals surface area contributed by atoms with E-state index in [1.165, 1.54) is 18.3 Å². The Balaban J connectivity index is 2.25. The summed E-state index contributed by atoms with van der Waals surface area (Å²) in [6.07, 6.45) is 1.43. The number of hydrogen-bond acceptors (Lipinski definition) is 5. The molecule has 2 N–H and O–H groups in total. The maximum Gasteiger partial charge on any atom is 0.265 e. The minimum atomic E-state index is -3.78. The van der Waals surface area contributed by atoms with Crippen molar-refractivity contribution in [3.63, 3.8) is 0 Å². The molecule has 20 heavy (non-hydrogen) atoms. The van der Waals surface area contributed by atoms with Crippen molar-refractivity contribution in [2.45, 2.75) is 4.90 Å². The van der Waals surface area contributed by atoms with Gasteiger partial charge >= 0.3 is 0 Å². The van der Waals surface area contributed by atoms with Crippen LogP contribution < -0.4 is 4.72 Å². The molecule has 2 rings (SSSR count). The van der Waals surface area contributed by atoms with Crippen molar-refractivity contribution >= 4 is 38.1 Å². The number of nitrogens with one attached hydrogen (secondary N) is 1. The molecule has 0 bridgehead atoms. The number of aliphatic hydroxyl groups is 1. The Morgan fingerprint density at radius 1 is 1.40 bits per heavy atom. The summed E-state index contributed by atoms with van der Waals surface area (Å²) >= 11 is 6.93. The number of benzene rings is 1. The molecule has 0 aliphatic heterocycles. The first kappa shape index (κ1) is 14.8. The molecular weight excluding hydrogens is 320 g/mol. The molecule has 5 nitrogen and oxygen atoms in total. The minimum Gasteiger partial charge on any atom is -0.384 e. The Labute approximate surface area is 125 Å². The number of halogens is 1. The molecular formula is C12H9ClN2O3S2. The second-order valence-electron chi connectivity index (χ2n) is 3.53. The van der Waals surface area contributed by atoms with Crippen molar-refractivity contribution in [3.05, 3.63) is 40.4 Å². The fourth-order valence-electron chi connectivity index (χ4n) is 1.34. The zero-order chi connectivity index (χ0) is 14.6. The molecule has 0 spiro atoms. The Hall–Kier alpha value is -1.59. The van der Waals surface area contributed by atoms with Gasteiger partial charge in [0.15, 0.2) is 5.13 Å². The summed E-state index contributed by atoms with van der Waals surface area (Å²) in [6.45, 7) is -0.265. The smallest absolute Gasteiger partial charge is 0.265 e. The van der Waals surface area contributed by atoms with Crippen LogP contribution in [0.25, 0.3) is 0 Å². The molecule has 104 valence electrons. The summed E-state index contributed by atoms with van der Waals surface area (Å²) in [4.78, 5) is 4.45. The highest BCUT2D eigenvalue weighted by Crippen LogP contribution is 2.25. The lowest BCUT2D eigenvalue weighted by molar-refractivity contribution is 0.350. The van der Waals surface area contributed by atoms with Gasteiger partial charge in [-0.1, -0.05) is 46.9 Å². The highest BCUT2D eigenvalue weighted by atomic mass is 35.5. The summed E-state index contributed by atoms with van der Waals surface area (Å²) in [5, 5.41) is 8.91. The molecule has 1 heterocycles. The molecule has 0 aliphatic carbocycles. The number of aliphatic hydroxyl groups excluding tert-OH is 1. The average molecular weight is 329 g/mol. The third kappa shape index (κ3) is 3.49. The quantitative estimate of drug-likeness (QED) is 0.844. The molecule has 1 aromatic heterocycles. The summed E-state index contributed by atoms with van der Waals surface area (Å²) < 4.78 is 26.6. The first-order chi connectivity index (χ1) is 9.53. The Kier molecular flexibility index (Phi) is 4.62. The largest absolute Gasteiger partial charge is 0.384 e. The zero-order valence-electron chi connectivity index (χ0n) is 10.00. The topological polar surface area (TPSA) is 79.3 Å². The second kappa shape index (κ2) is 6.24. The number of sulfonamides is 1. The molecule has 0 saturated heterocycles. The molecule has 0 aliphatic rings. The summed E-state index contributed by atoms with van der Waals surface area (Å²) in [5.74, 6) is 5.11. The molecule has 0 unspecified atom stereocenters. The lowest BCUT2D eigenvalue weighted by Crippen LogP contribution is -2.13. The van der Waals surface area contributed by atoms with Gasteiger partial charge in [0.25, 0.3) is 10.0 Å². The van der Waals surface area contributed by atoms with Crippen LogP contribution in [0.1, 0.15) is 4.88 Å². The van der Waals surface area contributed by atoms with E-state index in [0.717, 1.165) is 11.3 Å². The molecule has 0 radical (unpaired) electrons. The maximum absolute atomic E-state index is 12.1. The van der Waals surface area contributed by atoms with Gasteiger partial charge in [0.2, 0.25) is 0 Å². The van der Waals surface area contributed by atoms with E-state index in [1.807, 2.05) is 0 Å². The van der Waals surface area contributed by atoms with Gasteiger partial charge in [-0.2, -0.15) is 0 Å². The van der Waals surface area contributed by atoms with Gasteiger partial charge in [-0.05, 0) is 12.1 Å². The average Bonchev–Trinajstić information content (AvgIpc) is 2.83. The summed E-state index contributed by atoms with van der Waals surface area (Å²) in [7, 11) is -3.78. The van der Waals surface area contributed by atoms with Crippen LogP contribution in [0.2, 0.25) is 5.02 Å². The number of thiazole rings is 1. The van der Waals surface area contributed by atoms with Crippen LogP contribution in [0.3, 0.4) is 0 Å². The molecule has 2 aromatic rings. The van der Waals surface area contributed by atoms with Crippen molar-refractivity contribution in [2.24, 2.45) is 0 Å². The Morgan fingerprint density at radius 3 is 2.85 bits per heavy atom. The van der Waals surface area contributed by atoms with E-state index in [9.17, 15) is 8.42 Å². The SMILES string of the molecule is O=S(=O)(Nc1ncc(C#CCO)s1)c1ccccc1Cl. The van der Waals surface area contributed by atoms with Crippen molar-refractivity contribution in [2.75, 3.05) is 11.3 Å². The fraction of sp³-hybridized carbons (Fsp3) is 0.0833. The van der Waals surface area contributed by atoms with Crippen molar-refractivity contribution in [3.8, 4) is 11.8 Å². The number of anilines is 1. The Bertz CT molecular complexity index is 775. The van der Waals surface area contributed by atoms with Gasteiger partial charge in [0.1, 0.15) is 11.5 Å². The van der Waals surface area contributed by atoms with E-state index in [0.29, 0.717) is 4.88 Å². The molecule has 1 aromatic carbocycles. The molecule has 0 amide bonds. The van der Waals surface area contributed by atoms with E-state index in [4.69, 9.17) is 16.7 Å². The van der Waals surface area contributed by atoms with E-state index in [2.05, 4.69) is 21.5 Å². The zero-order valence-corrected chi connectivity index (χ0v) is 12.4. The lowest BCUT2D eigenvalue weighted by Gasteiger charge is -2.06. The lowest BCUT2D eigenvalue weighted by atomic mass is 10.4. The number of nitrogens with zero attached hydrogens (tertiary/aromatic N) is 1. The first-order valence-corrected chi connectivity index (χ1v) is 8.03. The van der Waals surface area contributed by atoms with E-state index < -0.39 is 10.0 Å². The molecule has 0 fully saturated rings. The van der Waals surface area contributed by atoms with Crippen LogP contribution in [0.4, 0.5) is 5.13 Å². The molecule has 0 saturated carbocycles. The monoisotopic (exact) mass is 328 g/mol. The van der Waals surface area contributed by atoms with Crippen LogP contribution in [-0.4, -0.2) is 25.1 Å². The standard InChI is InChI=1S/C12H9ClN2O3S2/c13-10-5-1-2-6-11(10)20(17,18)15-12-14-8-9(19-12)4-3-7-16/h1-2,5-6,8,16H,7H2,(H,14,15). The highest BCUT2D eigenvalue weighted by Gasteiger charge is 2.18. The summed E-state index contributed by atoms with van der Waals surface area (Å²) in [5.41, 5.74) is 0. The molecule has 0 atom stereocenters. The van der Waals surface area contributed by atoms with Gasteiger partial charge in [-0.3, -0.25) is 4.72 Å². The number of aromatic nitrogens is 1. The predicted molar refractivity (Wildman–Crippen MR) is 78.3 cm³/mol. The van der Waals surface area contributed by atoms with Crippen LogP contribution >= 0.6 is 22.9 Å². The van der Waals surface area contributed by atoms with Crippen LogP contribution in [0, 0.1) is 11.8 Å². The third-order valence-electron chi connectivity index (χ3n) is 2.14. The predicted octanol–water partition coefficient (Wildman–Crippen LogP) is 1.94. The number of rotatable bonds is 3. The van der Waals surface area contributed by atoms with Gasteiger partial charge in [0.05, 0.1) is 16.1 Å². The first-order valence-electron chi connectivity index (χ1n) is 5.36. The third-order valence-corrected chi connectivity index (χ3v) is 4.94. The van der Waals surface area contributed by atoms with Crippen molar-refractivity contribution in [1.29, 1.82) is 0 Å². The normalized spacial score (nSPS) is 10.7. The number of hydrogen-bond donors (Lipinski definition) is 2. The van der Waals surface area contributed by atoms with E-state index >= 15 is 0 Å². The van der Waals surface area contributed by atoms with Gasteiger partial charge in [-0.15, -0.1) is 0 Å². The van der Waals surface area contributed by atoms with E-state index in [1.54, 1.807) is 12.1 Å². The van der Waals surface area contributed by atoms with E-state index in [-0.39, 0.29) is 21.7 Å². The van der Waals surface area contributed by atoms with Crippen molar-refractivity contribution < 1.29 is 13.5 Å². The Morgan fingerprint density at radius 2 is 2.15 bits per heavy atom.